The molecular weight excluding hydrogens is 302 g/mol. The van der Waals surface area contributed by atoms with Crippen molar-refractivity contribution in [2.75, 3.05) is 0 Å². The smallest absolute Gasteiger partial charge is 0.107 e. The number of aliphatic hydroxyl groups is 1. The zero-order chi connectivity index (χ0) is 12.4. The highest BCUT2D eigenvalue weighted by Crippen LogP contribution is 2.31. The molecule has 0 radical (unpaired) electrons. The van der Waals surface area contributed by atoms with Crippen molar-refractivity contribution in [3.8, 4) is 0 Å². The normalized spacial score (nSPS) is 12.5. The second-order valence-corrected chi connectivity index (χ2v) is 5.12. The molecule has 88 valence electrons. The quantitative estimate of drug-likeness (QED) is 0.912. The lowest BCUT2D eigenvalue weighted by Crippen LogP contribution is -2.03. The van der Waals surface area contributed by atoms with E-state index >= 15 is 0 Å². The molecule has 0 aliphatic rings. The zero-order valence-electron chi connectivity index (χ0n) is 9.19. The topological polar surface area (TPSA) is 33.1 Å². The van der Waals surface area contributed by atoms with Crippen molar-refractivity contribution in [3.63, 3.8) is 0 Å². The van der Waals surface area contributed by atoms with Gasteiger partial charge in [0.1, 0.15) is 6.10 Å². The summed E-state index contributed by atoms with van der Waals surface area (Å²) in [4.78, 5) is 4.03. The van der Waals surface area contributed by atoms with E-state index in [4.69, 9.17) is 11.6 Å². The summed E-state index contributed by atoms with van der Waals surface area (Å²) < 4.78 is 0.887. The van der Waals surface area contributed by atoms with Crippen LogP contribution in [0.4, 0.5) is 0 Å². The molecule has 1 atom stereocenters. The molecule has 0 aliphatic carbocycles. The molecule has 1 heterocycles. The van der Waals surface area contributed by atoms with Crippen molar-refractivity contribution >= 4 is 27.5 Å². The number of aliphatic hydroxyl groups excluding tert-OH is 1. The van der Waals surface area contributed by atoms with E-state index in [-0.39, 0.29) is 0 Å². The largest absolute Gasteiger partial charge is 0.384 e. The molecule has 1 unspecified atom stereocenters. The van der Waals surface area contributed by atoms with Crippen LogP contribution >= 0.6 is 27.5 Å². The van der Waals surface area contributed by atoms with Gasteiger partial charge in [0.2, 0.25) is 0 Å². The molecule has 17 heavy (non-hydrogen) atoms. The Balaban J connectivity index is 2.47. The Labute approximate surface area is 113 Å². The Hall–Kier alpha value is -0.900. The van der Waals surface area contributed by atoms with Crippen LogP contribution in [0.1, 0.15) is 22.8 Å². The molecular formula is C13H11BrClNO. The summed E-state index contributed by atoms with van der Waals surface area (Å²) in [5, 5.41) is 10.9. The summed E-state index contributed by atoms with van der Waals surface area (Å²) >= 11 is 9.46. The highest BCUT2D eigenvalue weighted by Gasteiger charge is 2.16. The van der Waals surface area contributed by atoms with E-state index in [0.717, 1.165) is 15.6 Å². The number of aryl methyl sites for hydroxylation is 1. The van der Waals surface area contributed by atoms with Crippen molar-refractivity contribution in [2.24, 2.45) is 0 Å². The Bertz CT molecular complexity index is 545. The lowest BCUT2D eigenvalue weighted by molar-refractivity contribution is 0.219. The van der Waals surface area contributed by atoms with Crippen LogP contribution < -0.4 is 0 Å². The van der Waals surface area contributed by atoms with Crippen LogP contribution in [0.5, 0.6) is 0 Å². The number of rotatable bonds is 2. The van der Waals surface area contributed by atoms with Gasteiger partial charge >= 0.3 is 0 Å². The van der Waals surface area contributed by atoms with Gasteiger partial charge in [-0.25, -0.2) is 0 Å². The first kappa shape index (κ1) is 12.6. The van der Waals surface area contributed by atoms with Crippen molar-refractivity contribution in [3.05, 3.63) is 62.8 Å². The predicted octanol–water partition coefficient (Wildman–Crippen LogP) is 3.89. The number of hydrogen-bond acceptors (Lipinski definition) is 2. The maximum Gasteiger partial charge on any atom is 0.107 e. The first-order chi connectivity index (χ1) is 8.09. The number of halogens is 2. The number of hydrogen-bond donors (Lipinski definition) is 1. The van der Waals surface area contributed by atoms with E-state index in [1.165, 1.54) is 0 Å². The molecule has 2 rings (SSSR count). The molecule has 0 saturated carbocycles. The van der Waals surface area contributed by atoms with Gasteiger partial charge in [0.25, 0.3) is 0 Å². The second-order valence-electron chi connectivity index (χ2n) is 3.80. The Morgan fingerprint density at radius 2 is 2.06 bits per heavy atom. The molecule has 1 aromatic carbocycles. The summed E-state index contributed by atoms with van der Waals surface area (Å²) in [6, 6.07) is 7.29. The number of nitrogens with zero attached hydrogens (tertiary/aromatic N) is 1. The molecule has 2 aromatic rings. The predicted molar refractivity (Wildman–Crippen MR) is 72.2 cm³/mol. The number of benzene rings is 1. The third-order valence-corrected chi connectivity index (χ3v) is 3.46. The maximum absolute atomic E-state index is 10.3. The fourth-order valence-corrected chi connectivity index (χ4v) is 2.25. The number of aromatic nitrogens is 1. The Morgan fingerprint density at radius 1 is 1.29 bits per heavy atom. The van der Waals surface area contributed by atoms with Gasteiger partial charge in [0, 0.05) is 33.0 Å². The van der Waals surface area contributed by atoms with Gasteiger partial charge in [-0.05, 0) is 36.8 Å². The minimum absolute atomic E-state index is 0.545. The Kier molecular flexibility index (Phi) is 3.82. The molecule has 4 heteroatoms. The lowest BCUT2D eigenvalue weighted by atomic mass is 9.99. The zero-order valence-corrected chi connectivity index (χ0v) is 11.5. The van der Waals surface area contributed by atoms with Crippen LogP contribution in [0.2, 0.25) is 5.02 Å². The van der Waals surface area contributed by atoms with Crippen LogP contribution in [0.3, 0.4) is 0 Å². The molecule has 0 aliphatic heterocycles. The average Bonchev–Trinajstić information content (AvgIpc) is 2.32. The molecule has 0 saturated heterocycles. The summed E-state index contributed by atoms with van der Waals surface area (Å²) in [5.41, 5.74) is 2.44. The standard InChI is InChI=1S/C13H11BrClNO/c1-8-4-5-16-7-11(8)13(17)10-6-9(14)2-3-12(10)15/h2-7,13,17H,1H3. The fraction of sp³-hybridized carbons (Fsp3) is 0.154. The number of pyridine rings is 1. The Morgan fingerprint density at radius 3 is 2.76 bits per heavy atom. The molecule has 2 nitrogen and oxygen atoms in total. The third kappa shape index (κ3) is 2.68. The van der Waals surface area contributed by atoms with E-state index in [0.29, 0.717) is 10.6 Å². The van der Waals surface area contributed by atoms with Gasteiger partial charge in [-0.15, -0.1) is 0 Å². The highest BCUT2D eigenvalue weighted by atomic mass is 79.9. The van der Waals surface area contributed by atoms with E-state index in [2.05, 4.69) is 20.9 Å². The van der Waals surface area contributed by atoms with Crippen LogP contribution in [0, 0.1) is 6.92 Å². The summed E-state index contributed by atoms with van der Waals surface area (Å²) in [6.07, 6.45) is 2.61. The maximum atomic E-state index is 10.3. The van der Waals surface area contributed by atoms with Crippen LogP contribution in [-0.2, 0) is 0 Å². The van der Waals surface area contributed by atoms with Gasteiger partial charge in [-0.3, -0.25) is 4.98 Å². The minimum Gasteiger partial charge on any atom is -0.384 e. The van der Waals surface area contributed by atoms with E-state index in [1.54, 1.807) is 18.5 Å². The molecule has 0 fully saturated rings. The van der Waals surface area contributed by atoms with Crippen LogP contribution in [0.25, 0.3) is 0 Å². The summed E-state index contributed by atoms with van der Waals surface area (Å²) in [7, 11) is 0. The molecule has 1 N–H and O–H groups in total. The second kappa shape index (κ2) is 5.17. The van der Waals surface area contributed by atoms with E-state index in [9.17, 15) is 5.11 Å². The van der Waals surface area contributed by atoms with E-state index < -0.39 is 6.10 Å². The van der Waals surface area contributed by atoms with Crippen LogP contribution in [-0.4, -0.2) is 10.1 Å². The van der Waals surface area contributed by atoms with Crippen molar-refractivity contribution in [2.45, 2.75) is 13.0 Å². The average molecular weight is 313 g/mol. The first-order valence-electron chi connectivity index (χ1n) is 5.13. The van der Waals surface area contributed by atoms with Crippen LogP contribution in [0.15, 0.2) is 41.1 Å². The minimum atomic E-state index is -0.756. The molecule has 1 aromatic heterocycles. The summed E-state index contributed by atoms with van der Waals surface area (Å²) in [6.45, 7) is 1.94. The van der Waals surface area contributed by atoms with Gasteiger partial charge in [0.15, 0.2) is 0 Å². The van der Waals surface area contributed by atoms with Crippen molar-refractivity contribution < 1.29 is 5.11 Å². The van der Waals surface area contributed by atoms with Gasteiger partial charge in [-0.2, -0.15) is 0 Å². The lowest BCUT2D eigenvalue weighted by Gasteiger charge is -2.15. The third-order valence-electron chi connectivity index (χ3n) is 2.63. The van der Waals surface area contributed by atoms with Gasteiger partial charge in [0.05, 0.1) is 0 Å². The SMILES string of the molecule is Cc1ccncc1C(O)c1cc(Br)ccc1Cl. The molecule has 0 spiro atoms. The van der Waals surface area contributed by atoms with E-state index in [1.807, 2.05) is 25.1 Å². The van der Waals surface area contributed by atoms with Crippen molar-refractivity contribution in [1.29, 1.82) is 0 Å². The first-order valence-corrected chi connectivity index (χ1v) is 6.30. The van der Waals surface area contributed by atoms with Gasteiger partial charge < -0.3 is 5.11 Å². The summed E-state index contributed by atoms with van der Waals surface area (Å²) in [5.74, 6) is 0. The monoisotopic (exact) mass is 311 g/mol. The molecule has 0 bridgehead atoms. The van der Waals surface area contributed by atoms with Crippen molar-refractivity contribution in [1.82, 2.24) is 4.98 Å². The fourth-order valence-electron chi connectivity index (χ4n) is 1.65. The molecule has 0 amide bonds. The highest BCUT2D eigenvalue weighted by molar-refractivity contribution is 9.10. The van der Waals surface area contributed by atoms with Gasteiger partial charge in [-0.1, -0.05) is 27.5 Å².